The zero-order valence-corrected chi connectivity index (χ0v) is 8.16. The van der Waals surface area contributed by atoms with E-state index in [1.807, 2.05) is 6.92 Å². The molecular weight excluding hydrogens is 180 g/mol. The molecule has 0 bridgehead atoms. The Hall–Kier alpha value is -0.770. The summed E-state index contributed by atoms with van der Waals surface area (Å²) in [5.74, 6) is -0.155. The zero-order chi connectivity index (χ0) is 8.69. The van der Waals surface area contributed by atoms with Crippen LogP contribution < -0.4 is 5.32 Å². The van der Waals surface area contributed by atoms with Crippen LogP contribution in [0.5, 0.6) is 0 Å². The number of carbonyl (C=O) groups is 1. The Morgan fingerprint density at radius 1 is 1.58 bits per heavy atom. The number of methoxy groups -OCH3 is 1. The van der Waals surface area contributed by atoms with Gasteiger partial charge in [0.2, 0.25) is 0 Å². The second kappa shape index (κ2) is 8.33. The second-order valence-corrected chi connectivity index (χ2v) is 2.16. The van der Waals surface area contributed by atoms with Crippen LogP contribution in [0.4, 0.5) is 0 Å². The minimum atomic E-state index is -0.376. The molecule has 0 aromatic heterocycles. The number of hydrogen-bond donors (Lipinski definition) is 2. The molecule has 72 valence electrons. The topological polar surface area (TPSA) is 62.2 Å². The summed E-state index contributed by atoms with van der Waals surface area (Å²) in [7, 11) is 1.31. The molecule has 4 nitrogen and oxygen atoms in total. The van der Waals surface area contributed by atoms with Crippen LogP contribution in [0.1, 0.15) is 19.8 Å². The first-order chi connectivity index (χ1) is 5.20. The fourth-order valence-corrected chi connectivity index (χ4v) is 0.555. The van der Waals surface area contributed by atoms with Crippen LogP contribution in [0, 0.1) is 5.41 Å². The quantitative estimate of drug-likeness (QED) is 0.398. The molecule has 12 heavy (non-hydrogen) atoms. The van der Waals surface area contributed by atoms with Crippen LogP contribution in [0.2, 0.25) is 0 Å². The molecule has 5 heteroatoms. The van der Waals surface area contributed by atoms with Crippen molar-refractivity contribution in [3.05, 3.63) is 0 Å². The average Bonchev–Trinajstić information content (AvgIpc) is 2.00. The van der Waals surface area contributed by atoms with Crippen LogP contribution in [-0.4, -0.2) is 25.5 Å². The van der Waals surface area contributed by atoms with Gasteiger partial charge >= 0.3 is 5.97 Å². The predicted octanol–water partition coefficient (Wildman–Crippen LogP) is 0.948. The SMILES string of the molecule is CCCNC(=N)CC(=O)OC.Cl. The number of halogens is 1. The number of hydrogen-bond acceptors (Lipinski definition) is 3. The Balaban J connectivity index is 0. The minimum Gasteiger partial charge on any atom is -0.469 e. The summed E-state index contributed by atoms with van der Waals surface area (Å²) < 4.78 is 4.38. The van der Waals surface area contributed by atoms with Crippen LogP contribution in [-0.2, 0) is 9.53 Å². The lowest BCUT2D eigenvalue weighted by molar-refractivity contribution is -0.139. The monoisotopic (exact) mass is 194 g/mol. The maximum atomic E-state index is 10.6. The van der Waals surface area contributed by atoms with Gasteiger partial charge in [-0.25, -0.2) is 0 Å². The molecule has 0 aliphatic heterocycles. The molecule has 0 spiro atoms. The molecule has 0 atom stereocenters. The summed E-state index contributed by atoms with van der Waals surface area (Å²) in [6.45, 7) is 2.73. The van der Waals surface area contributed by atoms with Crippen molar-refractivity contribution in [3.63, 3.8) is 0 Å². The van der Waals surface area contributed by atoms with Crippen LogP contribution >= 0.6 is 12.4 Å². The summed E-state index contributed by atoms with van der Waals surface area (Å²) in [6, 6.07) is 0. The number of carbonyl (C=O) groups excluding carboxylic acids is 1. The largest absolute Gasteiger partial charge is 0.469 e. The van der Waals surface area contributed by atoms with Crippen molar-refractivity contribution in [1.82, 2.24) is 5.32 Å². The number of esters is 1. The van der Waals surface area contributed by atoms with Gasteiger partial charge in [0.25, 0.3) is 0 Å². The average molecular weight is 195 g/mol. The highest BCUT2D eigenvalue weighted by Gasteiger charge is 2.03. The van der Waals surface area contributed by atoms with E-state index in [1.54, 1.807) is 0 Å². The molecule has 0 unspecified atom stereocenters. The molecule has 2 N–H and O–H groups in total. The molecule has 0 heterocycles. The molecule has 0 rings (SSSR count). The van der Waals surface area contributed by atoms with Crippen molar-refractivity contribution < 1.29 is 9.53 Å². The first-order valence-corrected chi connectivity index (χ1v) is 3.58. The fourth-order valence-electron chi connectivity index (χ4n) is 0.555. The molecule has 0 saturated heterocycles. The molecule has 0 amide bonds. The third-order valence-electron chi connectivity index (χ3n) is 1.14. The van der Waals surface area contributed by atoms with E-state index in [4.69, 9.17) is 5.41 Å². The molecule has 0 aliphatic rings. The smallest absolute Gasteiger partial charge is 0.313 e. The number of amidine groups is 1. The molecule has 0 aromatic rings. The Morgan fingerprint density at radius 2 is 2.17 bits per heavy atom. The maximum Gasteiger partial charge on any atom is 0.313 e. The lowest BCUT2D eigenvalue weighted by atomic mass is 10.4. The van der Waals surface area contributed by atoms with Gasteiger partial charge in [0.1, 0.15) is 12.3 Å². The minimum absolute atomic E-state index is 0. The van der Waals surface area contributed by atoms with E-state index >= 15 is 0 Å². The molecule has 0 radical (unpaired) electrons. The number of nitrogens with one attached hydrogen (secondary N) is 2. The Labute approximate surface area is 78.6 Å². The normalized spacial score (nSPS) is 8.17. The van der Waals surface area contributed by atoms with Crippen molar-refractivity contribution in [3.8, 4) is 0 Å². The Bertz CT molecular complexity index is 150. The second-order valence-electron chi connectivity index (χ2n) is 2.16. The molecular formula is C7H15ClN2O2. The van der Waals surface area contributed by atoms with Crippen molar-refractivity contribution >= 4 is 24.2 Å². The van der Waals surface area contributed by atoms with Crippen molar-refractivity contribution in [1.29, 1.82) is 5.41 Å². The first-order valence-electron chi connectivity index (χ1n) is 3.58. The predicted molar refractivity (Wildman–Crippen MR) is 49.9 cm³/mol. The van der Waals surface area contributed by atoms with E-state index < -0.39 is 0 Å². The summed E-state index contributed by atoms with van der Waals surface area (Å²) in [5, 5.41) is 9.99. The maximum absolute atomic E-state index is 10.6. The van der Waals surface area contributed by atoms with Gasteiger partial charge in [-0.1, -0.05) is 6.92 Å². The van der Waals surface area contributed by atoms with Gasteiger partial charge in [0.05, 0.1) is 7.11 Å². The Morgan fingerprint density at radius 3 is 2.58 bits per heavy atom. The van der Waals surface area contributed by atoms with Gasteiger partial charge in [-0.15, -0.1) is 12.4 Å². The van der Waals surface area contributed by atoms with Gasteiger partial charge < -0.3 is 10.1 Å². The highest BCUT2D eigenvalue weighted by Crippen LogP contribution is 1.84. The van der Waals surface area contributed by atoms with Gasteiger partial charge in [-0.05, 0) is 6.42 Å². The zero-order valence-electron chi connectivity index (χ0n) is 7.35. The molecule has 0 saturated carbocycles. The van der Waals surface area contributed by atoms with E-state index in [0.717, 1.165) is 13.0 Å². The summed E-state index contributed by atoms with van der Waals surface area (Å²) in [5.41, 5.74) is 0. The van der Waals surface area contributed by atoms with E-state index in [1.165, 1.54) is 7.11 Å². The van der Waals surface area contributed by atoms with Crippen molar-refractivity contribution in [2.24, 2.45) is 0 Å². The van der Waals surface area contributed by atoms with Gasteiger partial charge in [-0.3, -0.25) is 10.2 Å². The lowest BCUT2D eigenvalue weighted by Crippen LogP contribution is -2.25. The molecule has 0 aliphatic carbocycles. The standard InChI is InChI=1S/C7H14N2O2.ClH/c1-3-4-9-6(8)5-7(10)11-2;/h3-5H2,1-2H3,(H2,8,9);1H. The van der Waals surface area contributed by atoms with Crippen molar-refractivity contribution in [2.75, 3.05) is 13.7 Å². The molecule has 0 aromatic carbocycles. The van der Waals surface area contributed by atoms with E-state index in [9.17, 15) is 4.79 Å². The van der Waals surface area contributed by atoms with E-state index in [2.05, 4.69) is 10.1 Å². The fraction of sp³-hybridized carbons (Fsp3) is 0.714. The highest BCUT2D eigenvalue weighted by atomic mass is 35.5. The number of rotatable bonds is 4. The summed E-state index contributed by atoms with van der Waals surface area (Å²) >= 11 is 0. The highest BCUT2D eigenvalue weighted by molar-refractivity contribution is 5.95. The summed E-state index contributed by atoms with van der Waals surface area (Å²) in [4.78, 5) is 10.6. The van der Waals surface area contributed by atoms with Crippen LogP contribution in [0.3, 0.4) is 0 Å². The van der Waals surface area contributed by atoms with Gasteiger partial charge in [-0.2, -0.15) is 0 Å². The Kier molecular flexibility index (Phi) is 9.57. The molecule has 0 fully saturated rings. The third-order valence-corrected chi connectivity index (χ3v) is 1.14. The van der Waals surface area contributed by atoms with Gasteiger partial charge in [0.15, 0.2) is 0 Å². The van der Waals surface area contributed by atoms with Crippen molar-refractivity contribution in [2.45, 2.75) is 19.8 Å². The number of ether oxygens (including phenoxy) is 1. The lowest BCUT2D eigenvalue weighted by Gasteiger charge is -2.03. The van der Waals surface area contributed by atoms with E-state index in [-0.39, 0.29) is 30.6 Å². The van der Waals surface area contributed by atoms with Crippen LogP contribution in [0.15, 0.2) is 0 Å². The van der Waals surface area contributed by atoms with Crippen LogP contribution in [0.25, 0.3) is 0 Å². The van der Waals surface area contributed by atoms with Gasteiger partial charge in [0, 0.05) is 6.54 Å². The first kappa shape index (κ1) is 13.8. The summed E-state index contributed by atoms with van der Waals surface area (Å²) in [6.07, 6.45) is 0.986. The van der Waals surface area contributed by atoms with E-state index in [0.29, 0.717) is 0 Å². The third kappa shape index (κ3) is 7.34.